The van der Waals surface area contributed by atoms with Gasteiger partial charge in [-0.3, -0.25) is 0 Å². The number of benzene rings is 20. The van der Waals surface area contributed by atoms with Gasteiger partial charge in [-0.05, 0) is 280 Å². The molecule has 0 saturated carbocycles. The largest absolute Gasteiger partial charge is 0.309 e. The Labute approximate surface area is 776 Å². The third kappa shape index (κ3) is 15.3. The van der Waals surface area contributed by atoms with E-state index in [9.17, 15) is 0 Å². The number of nitrogens with zero attached hydrogens (tertiary/aromatic N) is 3. The van der Waals surface area contributed by atoms with Gasteiger partial charge in [-0.15, -0.1) is 0 Å². The van der Waals surface area contributed by atoms with Crippen LogP contribution in [0, 0.1) is 0 Å². The molecule has 0 bridgehead atoms. The van der Waals surface area contributed by atoms with Crippen LogP contribution in [0.3, 0.4) is 0 Å². The molecule has 0 saturated heterocycles. The first-order valence-corrected chi connectivity index (χ1v) is 46.3. The van der Waals surface area contributed by atoms with Crippen LogP contribution in [-0.4, -0.2) is 13.7 Å². The van der Waals surface area contributed by atoms with Crippen LogP contribution in [-0.2, 0) is 5.41 Å². The quantitative estimate of drug-likeness (QED) is 0.109. The standard InChI is InChI=1S/2C42H28BrN.C39H28BrN/c43-36-22-18-30(19-23-36)32-14-9-15-33(26-32)35-21-25-42-39(28-35)37-16-7-8-17-40(37)44(42)41-24-20-34(29-10-3-1-4-11-29)27-38(41)31-12-5-2-6-13-31;43-37-21-18-31(19-22-37)32-14-9-15-33(24-32)34-20-23-42-40(28-34)39-16-7-8-17-41(39)44(42)38-26-35(29-10-3-1-4-11-29)25-36(27-38)30-12-5-2-6-13-30;1-39(2)35-12-5-3-10-31(35)32-20-19-30(24-36(32)39)41-37-13-6-4-11-33(37)34-23-28(16-21-38(34)41)27-9-7-8-26(22-27)25-14-17-29(40)18-15-25/h2*1-28H;3-24H,1-2H3. The van der Waals surface area contributed by atoms with Gasteiger partial charge in [0.1, 0.15) is 0 Å². The predicted octanol–water partition coefficient (Wildman–Crippen LogP) is 35.6. The van der Waals surface area contributed by atoms with Crippen molar-refractivity contribution < 1.29 is 0 Å². The number of hydrogen-bond donors (Lipinski definition) is 0. The van der Waals surface area contributed by atoms with E-state index in [-0.39, 0.29) is 5.41 Å². The van der Waals surface area contributed by atoms with E-state index in [0.29, 0.717) is 0 Å². The molecule has 3 nitrogen and oxygen atoms in total. The minimum absolute atomic E-state index is 0.0340. The normalized spacial score (nSPS) is 12.0. The number of aromatic nitrogens is 3. The zero-order chi connectivity index (χ0) is 86.6. The van der Waals surface area contributed by atoms with Gasteiger partial charge in [0.15, 0.2) is 0 Å². The van der Waals surface area contributed by atoms with E-state index in [2.05, 4.69) is 549 Å². The first kappa shape index (κ1) is 80.1. The minimum Gasteiger partial charge on any atom is -0.309 e. The van der Waals surface area contributed by atoms with Crippen LogP contribution in [0.15, 0.2) is 487 Å². The van der Waals surface area contributed by atoms with Crippen LogP contribution in [0.4, 0.5) is 0 Å². The molecule has 129 heavy (non-hydrogen) atoms. The molecule has 20 aromatic carbocycles. The maximum Gasteiger partial charge on any atom is 0.0541 e. The molecular formula is C123H84Br3N3. The summed E-state index contributed by atoms with van der Waals surface area (Å²) in [5.41, 5.74) is 40.5. The third-order valence-corrected chi connectivity index (χ3v) is 27.4. The van der Waals surface area contributed by atoms with Gasteiger partial charge in [-0.25, -0.2) is 0 Å². The van der Waals surface area contributed by atoms with Gasteiger partial charge in [0.05, 0.1) is 38.8 Å². The summed E-state index contributed by atoms with van der Waals surface area (Å²) >= 11 is 10.7. The van der Waals surface area contributed by atoms with Gasteiger partial charge >= 0.3 is 0 Å². The lowest BCUT2D eigenvalue weighted by Gasteiger charge is -2.22. The zero-order valence-corrected chi connectivity index (χ0v) is 75.8. The van der Waals surface area contributed by atoms with Crippen molar-refractivity contribution in [2.75, 3.05) is 0 Å². The van der Waals surface area contributed by atoms with E-state index in [1.165, 1.54) is 210 Å². The van der Waals surface area contributed by atoms with Crippen molar-refractivity contribution in [2.24, 2.45) is 0 Å². The molecule has 0 fully saturated rings. The molecule has 0 aliphatic heterocycles. The van der Waals surface area contributed by atoms with Crippen LogP contribution in [0.1, 0.15) is 25.0 Å². The van der Waals surface area contributed by atoms with Crippen molar-refractivity contribution >= 4 is 113 Å². The van der Waals surface area contributed by atoms with Crippen molar-refractivity contribution in [1.82, 2.24) is 13.7 Å². The highest BCUT2D eigenvalue weighted by molar-refractivity contribution is 9.11. The fraction of sp³-hybridized carbons (Fsp3) is 0.0244. The summed E-state index contributed by atoms with van der Waals surface area (Å²) < 4.78 is 10.6. The van der Waals surface area contributed by atoms with Gasteiger partial charge in [0, 0.05) is 68.1 Å². The summed E-state index contributed by atoms with van der Waals surface area (Å²) in [7, 11) is 0. The lowest BCUT2D eigenvalue weighted by Crippen LogP contribution is -2.15. The Balaban J connectivity index is 0.000000114. The van der Waals surface area contributed by atoms with Crippen LogP contribution in [0.25, 0.3) is 205 Å². The molecule has 0 atom stereocenters. The van der Waals surface area contributed by atoms with Crippen LogP contribution < -0.4 is 0 Å². The second-order valence-corrected chi connectivity index (χ2v) is 36.6. The van der Waals surface area contributed by atoms with Gasteiger partial charge in [0.25, 0.3) is 0 Å². The van der Waals surface area contributed by atoms with Gasteiger partial charge in [-0.2, -0.15) is 0 Å². The average Bonchev–Trinajstić information content (AvgIpc) is 1.59. The lowest BCUT2D eigenvalue weighted by molar-refractivity contribution is 0.660. The van der Waals surface area contributed by atoms with Gasteiger partial charge in [0.2, 0.25) is 0 Å². The molecule has 24 rings (SSSR count). The topological polar surface area (TPSA) is 14.8 Å². The SMILES string of the molecule is Brc1ccc(-c2cccc(-c3ccc4c(c3)c3ccccc3n4-c3cc(-c4ccccc4)cc(-c4ccccc4)c3)c2)cc1.Brc1ccc(-c2cccc(-c3ccc4c(c3)c3ccccc3n4-c3ccc(-c4ccccc4)cc3-c3ccccc3)c2)cc1.CC1(C)c2ccccc2-c2ccc(-n3c4ccccc4c4cc(-c5cccc(-c6ccc(Br)cc6)c5)ccc43)cc21. The van der Waals surface area contributed by atoms with Crippen molar-refractivity contribution in [3.63, 3.8) is 0 Å². The molecule has 3 heterocycles. The highest BCUT2D eigenvalue weighted by Gasteiger charge is 2.36. The number of hydrogen-bond acceptors (Lipinski definition) is 0. The summed E-state index contributed by atoms with van der Waals surface area (Å²) in [5.74, 6) is 0. The minimum atomic E-state index is -0.0340. The van der Waals surface area contributed by atoms with E-state index in [1.54, 1.807) is 0 Å². The van der Waals surface area contributed by atoms with Crippen molar-refractivity contribution in [1.29, 1.82) is 0 Å². The molecule has 0 spiro atoms. The van der Waals surface area contributed by atoms with Crippen LogP contribution in [0.5, 0.6) is 0 Å². The summed E-state index contributed by atoms with van der Waals surface area (Å²) in [6.45, 7) is 4.70. The predicted molar refractivity (Wildman–Crippen MR) is 557 cm³/mol. The van der Waals surface area contributed by atoms with Crippen molar-refractivity contribution in [2.45, 2.75) is 19.3 Å². The second kappa shape index (κ2) is 34.2. The van der Waals surface area contributed by atoms with Gasteiger partial charge < -0.3 is 13.7 Å². The fourth-order valence-electron chi connectivity index (χ4n) is 19.4. The number of fused-ring (bicyclic) bond motifs is 12. The Morgan fingerprint density at radius 1 is 0.163 bits per heavy atom. The summed E-state index contributed by atoms with van der Waals surface area (Å²) in [6, 6.07) is 172. The van der Waals surface area contributed by atoms with E-state index < -0.39 is 0 Å². The van der Waals surface area contributed by atoms with Crippen LogP contribution in [0.2, 0.25) is 0 Å². The molecule has 1 aliphatic rings. The summed E-state index contributed by atoms with van der Waals surface area (Å²) in [5, 5.41) is 7.54. The molecule has 23 aromatic rings. The highest BCUT2D eigenvalue weighted by atomic mass is 79.9. The van der Waals surface area contributed by atoms with E-state index in [1.807, 2.05) is 0 Å². The smallest absolute Gasteiger partial charge is 0.0541 e. The zero-order valence-electron chi connectivity index (χ0n) is 71.0. The molecule has 3 aromatic heterocycles. The number of halogens is 3. The molecule has 1 aliphatic carbocycles. The van der Waals surface area contributed by atoms with Crippen molar-refractivity contribution in [3.05, 3.63) is 498 Å². The molecule has 612 valence electrons. The maximum atomic E-state index is 3.56. The molecule has 0 unspecified atom stereocenters. The molecule has 0 amide bonds. The highest BCUT2D eigenvalue weighted by Crippen LogP contribution is 2.51. The molecule has 0 N–H and O–H groups in total. The molecule has 0 radical (unpaired) electrons. The number of rotatable bonds is 13. The Morgan fingerprint density at radius 3 is 0.884 bits per heavy atom. The first-order chi connectivity index (χ1) is 63.4. The maximum absolute atomic E-state index is 3.56. The van der Waals surface area contributed by atoms with Crippen molar-refractivity contribution in [3.8, 4) is 139 Å². The van der Waals surface area contributed by atoms with E-state index in [0.717, 1.165) is 19.1 Å². The monoisotopic (exact) mass is 1840 g/mol. The second-order valence-electron chi connectivity index (χ2n) is 33.9. The van der Waals surface area contributed by atoms with Gasteiger partial charge in [-0.1, -0.05) is 383 Å². The first-order valence-electron chi connectivity index (χ1n) is 43.9. The van der Waals surface area contributed by atoms with E-state index in [4.69, 9.17) is 0 Å². The number of para-hydroxylation sites is 3. The van der Waals surface area contributed by atoms with E-state index >= 15 is 0 Å². The molecular weight excluding hydrogens is 1760 g/mol. The molecule has 6 heteroatoms. The fourth-order valence-corrected chi connectivity index (χ4v) is 20.2. The average molecular weight is 1840 g/mol. The Kier molecular flexibility index (Phi) is 21.2. The Hall–Kier alpha value is -14.8. The lowest BCUT2D eigenvalue weighted by atomic mass is 9.82. The third-order valence-electron chi connectivity index (χ3n) is 25.8. The summed E-state index contributed by atoms with van der Waals surface area (Å²) in [4.78, 5) is 0. The van der Waals surface area contributed by atoms with Crippen LogP contribution >= 0.6 is 47.8 Å². The summed E-state index contributed by atoms with van der Waals surface area (Å²) in [6.07, 6.45) is 0. The Morgan fingerprint density at radius 2 is 0.450 bits per heavy atom. The Bertz CT molecular complexity index is 8130.